The largest absolute Gasteiger partial charge is 0.507 e. The maximum atomic E-state index is 13.4. The Morgan fingerprint density at radius 1 is 1.08 bits per heavy atom. The fourth-order valence-electron chi connectivity index (χ4n) is 4.90. The van der Waals surface area contributed by atoms with E-state index < -0.39 is 17.7 Å². The zero-order valence-corrected chi connectivity index (χ0v) is 21.6. The second kappa shape index (κ2) is 11.3. The summed E-state index contributed by atoms with van der Waals surface area (Å²) >= 11 is 0. The summed E-state index contributed by atoms with van der Waals surface area (Å²) in [6.07, 6.45) is 0. The summed E-state index contributed by atoms with van der Waals surface area (Å²) in [6.45, 7) is 12.5. The van der Waals surface area contributed by atoms with Crippen LogP contribution in [-0.4, -0.2) is 72.6 Å². The van der Waals surface area contributed by atoms with Crippen LogP contribution in [0, 0.1) is 6.92 Å². The number of nitrogens with zero attached hydrogens (tertiary/aromatic N) is 2. The van der Waals surface area contributed by atoms with Crippen LogP contribution in [0.15, 0.2) is 48.0 Å². The molecule has 1 atom stereocenters. The highest BCUT2D eigenvalue weighted by molar-refractivity contribution is 6.46. The van der Waals surface area contributed by atoms with E-state index in [9.17, 15) is 14.7 Å². The number of rotatable bonds is 8. The first kappa shape index (κ1) is 25.9. The van der Waals surface area contributed by atoms with Gasteiger partial charge < -0.3 is 19.5 Å². The van der Waals surface area contributed by atoms with Gasteiger partial charge in [-0.1, -0.05) is 38.1 Å². The monoisotopic (exact) mass is 492 g/mol. The van der Waals surface area contributed by atoms with E-state index in [1.54, 1.807) is 17.0 Å². The topological polar surface area (TPSA) is 79.3 Å². The lowest BCUT2D eigenvalue weighted by Gasteiger charge is -2.31. The molecule has 4 rings (SSSR count). The van der Waals surface area contributed by atoms with Gasteiger partial charge in [0, 0.05) is 31.7 Å². The summed E-state index contributed by atoms with van der Waals surface area (Å²) in [7, 11) is 0. The molecular weight excluding hydrogens is 456 g/mol. The number of benzene rings is 2. The third-order valence-electron chi connectivity index (χ3n) is 6.98. The molecule has 0 radical (unpaired) electrons. The molecule has 0 aromatic heterocycles. The number of likely N-dealkylation sites (tertiary alicyclic amines) is 1. The van der Waals surface area contributed by atoms with Gasteiger partial charge >= 0.3 is 0 Å². The van der Waals surface area contributed by atoms with Crippen molar-refractivity contribution in [1.82, 2.24) is 9.80 Å². The standard InChI is InChI=1S/C29H36N2O5/c1-5-36-23-10-11-24(20(4)18-23)27(32)25-26(22-8-6-21(7-9-22)19(2)3)31(29(34)28(25)33)13-12-30-14-16-35-17-15-30/h6-11,18-19,26,32H,5,12-17H2,1-4H3. The number of morpholine rings is 1. The van der Waals surface area contributed by atoms with Gasteiger partial charge in [-0.2, -0.15) is 0 Å². The molecule has 1 N–H and O–H groups in total. The highest BCUT2D eigenvalue weighted by atomic mass is 16.5. The first-order valence-corrected chi connectivity index (χ1v) is 12.7. The number of aryl methyl sites for hydroxylation is 1. The van der Waals surface area contributed by atoms with Crippen LogP contribution in [0.1, 0.15) is 55.0 Å². The summed E-state index contributed by atoms with van der Waals surface area (Å²) in [4.78, 5) is 30.5. The van der Waals surface area contributed by atoms with Gasteiger partial charge in [-0.05, 0) is 54.7 Å². The Morgan fingerprint density at radius 3 is 2.39 bits per heavy atom. The van der Waals surface area contributed by atoms with E-state index in [1.807, 2.05) is 44.2 Å². The van der Waals surface area contributed by atoms with Crippen molar-refractivity contribution in [2.24, 2.45) is 0 Å². The minimum atomic E-state index is -0.654. The second-order valence-electron chi connectivity index (χ2n) is 9.68. The van der Waals surface area contributed by atoms with Gasteiger partial charge in [0.15, 0.2) is 0 Å². The lowest BCUT2D eigenvalue weighted by atomic mass is 9.92. The average molecular weight is 493 g/mol. The second-order valence-corrected chi connectivity index (χ2v) is 9.68. The summed E-state index contributed by atoms with van der Waals surface area (Å²) in [6, 6.07) is 12.7. The van der Waals surface area contributed by atoms with Crippen molar-refractivity contribution in [3.8, 4) is 5.75 Å². The number of ether oxygens (including phenoxy) is 2. The van der Waals surface area contributed by atoms with Crippen molar-refractivity contribution in [3.05, 3.63) is 70.3 Å². The summed E-state index contributed by atoms with van der Waals surface area (Å²) < 4.78 is 11.0. The van der Waals surface area contributed by atoms with E-state index in [0.717, 1.165) is 24.2 Å². The number of aliphatic hydroxyl groups is 1. The minimum Gasteiger partial charge on any atom is -0.507 e. The molecule has 2 fully saturated rings. The molecule has 2 aromatic rings. The van der Waals surface area contributed by atoms with Gasteiger partial charge in [0.25, 0.3) is 11.7 Å². The van der Waals surface area contributed by atoms with Crippen LogP contribution in [0.25, 0.3) is 5.76 Å². The van der Waals surface area contributed by atoms with Crippen molar-refractivity contribution in [2.45, 2.75) is 39.7 Å². The predicted molar refractivity (Wildman–Crippen MR) is 139 cm³/mol. The molecule has 2 aliphatic rings. The zero-order valence-electron chi connectivity index (χ0n) is 21.6. The van der Waals surface area contributed by atoms with Crippen LogP contribution in [0.3, 0.4) is 0 Å². The van der Waals surface area contributed by atoms with Crippen LogP contribution in [0.2, 0.25) is 0 Å². The SMILES string of the molecule is CCOc1ccc(C(O)=C2C(=O)C(=O)N(CCN3CCOCC3)C2c2ccc(C(C)C)cc2)c(C)c1. The van der Waals surface area contributed by atoms with E-state index in [-0.39, 0.29) is 11.3 Å². The molecule has 0 spiro atoms. The third kappa shape index (κ3) is 5.32. The highest BCUT2D eigenvalue weighted by Crippen LogP contribution is 2.40. The van der Waals surface area contributed by atoms with Gasteiger partial charge in [0.1, 0.15) is 11.5 Å². The molecule has 192 valence electrons. The quantitative estimate of drug-likeness (QED) is 0.337. The van der Waals surface area contributed by atoms with Crippen molar-refractivity contribution in [1.29, 1.82) is 0 Å². The summed E-state index contributed by atoms with van der Waals surface area (Å²) in [5.74, 6) is -0.329. The van der Waals surface area contributed by atoms with E-state index in [0.29, 0.717) is 50.1 Å². The Hall–Kier alpha value is -3.16. The van der Waals surface area contributed by atoms with Crippen LogP contribution < -0.4 is 4.74 Å². The summed E-state index contributed by atoms with van der Waals surface area (Å²) in [5.41, 5.74) is 3.41. The Balaban J connectivity index is 1.75. The Kier molecular flexibility index (Phi) is 8.11. The average Bonchev–Trinajstić information content (AvgIpc) is 3.13. The molecule has 7 nitrogen and oxygen atoms in total. The van der Waals surface area contributed by atoms with E-state index in [4.69, 9.17) is 9.47 Å². The number of hydrogen-bond acceptors (Lipinski definition) is 6. The Bertz CT molecular complexity index is 1130. The van der Waals surface area contributed by atoms with Gasteiger partial charge in [-0.3, -0.25) is 14.5 Å². The fourth-order valence-corrected chi connectivity index (χ4v) is 4.90. The molecule has 2 aliphatic heterocycles. The van der Waals surface area contributed by atoms with Crippen molar-refractivity contribution in [2.75, 3.05) is 46.0 Å². The fraction of sp³-hybridized carbons (Fsp3) is 0.448. The number of amides is 1. The number of carbonyl (C=O) groups excluding carboxylic acids is 2. The number of aliphatic hydroxyl groups excluding tert-OH is 1. The third-order valence-corrected chi connectivity index (χ3v) is 6.98. The molecule has 1 amide bonds. The first-order chi connectivity index (χ1) is 17.3. The van der Waals surface area contributed by atoms with Gasteiger partial charge in [-0.25, -0.2) is 0 Å². The maximum absolute atomic E-state index is 13.4. The lowest BCUT2D eigenvalue weighted by molar-refractivity contribution is -0.140. The molecule has 1 unspecified atom stereocenters. The van der Waals surface area contributed by atoms with E-state index in [1.165, 1.54) is 5.56 Å². The zero-order chi connectivity index (χ0) is 25.8. The molecule has 0 saturated carbocycles. The van der Waals surface area contributed by atoms with Crippen LogP contribution >= 0.6 is 0 Å². The van der Waals surface area contributed by atoms with Crippen molar-refractivity contribution >= 4 is 17.4 Å². The molecule has 0 bridgehead atoms. The minimum absolute atomic E-state index is 0.131. The van der Waals surface area contributed by atoms with Gasteiger partial charge in [-0.15, -0.1) is 0 Å². The van der Waals surface area contributed by atoms with Gasteiger partial charge in [0.2, 0.25) is 0 Å². The number of Topliss-reactive ketones (excluding diaryl/α,β-unsaturated/α-hetero) is 1. The smallest absolute Gasteiger partial charge is 0.295 e. The normalized spacial score (nSPS) is 20.4. The van der Waals surface area contributed by atoms with Crippen molar-refractivity contribution < 1.29 is 24.2 Å². The van der Waals surface area contributed by atoms with Crippen molar-refractivity contribution in [3.63, 3.8) is 0 Å². The first-order valence-electron chi connectivity index (χ1n) is 12.7. The van der Waals surface area contributed by atoms with E-state index in [2.05, 4.69) is 18.7 Å². The molecule has 2 heterocycles. The number of hydrogen-bond donors (Lipinski definition) is 1. The Labute approximate surface area is 213 Å². The summed E-state index contributed by atoms with van der Waals surface area (Å²) in [5, 5.41) is 11.4. The Morgan fingerprint density at radius 2 is 1.78 bits per heavy atom. The number of ketones is 1. The molecule has 0 aliphatic carbocycles. The molecule has 2 aromatic carbocycles. The highest BCUT2D eigenvalue weighted by Gasteiger charge is 2.46. The molecular formula is C29H36N2O5. The number of carbonyl (C=O) groups is 2. The van der Waals surface area contributed by atoms with Crippen LogP contribution in [-0.2, 0) is 14.3 Å². The maximum Gasteiger partial charge on any atom is 0.295 e. The predicted octanol–water partition coefficient (Wildman–Crippen LogP) is 4.27. The molecule has 2 saturated heterocycles. The van der Waals surface area contributed by atoms with Crippen LogP contribution in [0.5, 0.6) is 5.75 Å². The van der Waals surface area contributed by atoms with Gasteiger partial charge in [0.05, 0.1) is 31.4 Å². The van der Waals surface area contributed by atoms with Crippen LogP contribution in [0.4, 0.5) is 0 Å². The molecule has 36 heavy (non-hydrogen) atoms. The molecule has 7 heteroatoms. The lowest BCUT2D eigenvalue weighted by Crippen LogP contribution is -2.42. The van der Waals surface area contributed by atoms with E-state index >= 15 is 0 Å².